The standard InChI is InChI=1S/C14H13FN6/c1-21-8-10(7-17-21)12-6-13(20-16)19-14(18-12)9-2-4-11(15)5-3-9/h2-8H,16H2,1H3,(H,18,19,20). The van der Waals surface area contributed by atoms with Crippen LogP contribution in [0.1, 0.15) is 0 Å². The first-order chi connectivity index (χ1) is 10.2. The Bertz CT molecular complexity index is 765. The quantitative estimate of drug-likeness (QED) is 0.567. The van der Waals surface area contributed by atoms with E-state index in [0.29, 0.717) is 22.9 Å². The van der Waals surface area contributed by atoms with Gasteiger partial charge in [0.15, 0.2) is 5.82 Å². The van der Waals surface area contributed by atoms with E-state index >= 15 is 0 Å². The summed E-state index contributed by atoms with van der Waals surface area (Å²) in [5.74, 6) is 6.08. The summed E-state index contributed by atoms with van der Waals surface area (Å²) in [5.41, 5.74) is 4.75. The lowest BCUT2D eigenvalue weighted by molar-refractivity contribution is 0.628. The maximum Gasteiger partial charge on any atom is 0.162 e. The fourth-order valence-electron chi connectivity index (χ4n) is 1.95. The number of benzene rings is 1. The summed E-state index contributed by atoms with van der Waals surface area (Å²) in [7, 11) is 1.83. The Morgan fingerprint density at radius 3 is 2.52 bits per heavy atom. The lowest BCUT2D eigenvalue weighted by Gasteiger charge is -2.06. The second kappa shape index (κ2) is 5.29. The van der Waals surface area contributed by atoms with Crippen LogP contribution in [0.15, 0.2) is 42.7 Å². The Morgan fingerprint density at radius 2 is 1.90 bits per heavy atom. The molecule has 6 nitrogen and oxygen atoms in total. The van der Waals surface area contributed by atoms with Crippen LogP contribution in [0.3, 0.4) is 0 Å². The first kappa shape index (κ1) is 13.2. The van der Waals surface area contributed by atoms with Gasteiger partial charge >= 0.3 is 0 Å². The highest BCUT2D eigenvalue weighted by Crippen LogP contribution is 2.23. The predicted molar refractivity (Wildman–Crippen MR) is 77.4 cm³/mol. The molecule has 0 aliphatic carbocycles. The zero-order valence-electron chi connectivity index (χ0n) is 11.3. The monoisotopic (exact) mass is 284 g/mol. The number of aromatic nitrogens is 4. The second-order valence-corrected chi connectivity index (χ2v) is 4.52. The molecule has 0 spiro atoms. The molecule has 1 aromatic carbocycles. The van der Waals surface area contributed by atoms with Gasteiger partial charge in [-0.25, -0.2) is 20.2 Å². The van der Waals surface area contributed by atoms with E-state index in [9.17, 15) is 4.39 Å². The molecule has 0 atom stereocenters. The lowest BCUT2D eigenvalue weighted by Crippen LogP contribution is -2.09. The van der Waals surface area contributed by atoms with Crippen molar-refractivity contribution in [3.8, 4) is 22.6 Å². The summed E-state index contributed by atoms with van der Waals surface area (Å²) >= 11 is 0. The molecule has 0 aliphatic heterocycles. The molecule has 106 valence electrons. The van der Waals surface area contributed by atoms with Crippen LogP contribution in [0, 0.1) is 5.82 Å². The van der Waals surface area contributed by atoms with E-state index in [1.807, 2.05) is 13.2 Å². The van der Waals surface area contributed by atoms with Gasteiger partial charge in [-0.05, 0) is 24.3 Å². The van der Waals surface area contributed by atoms with E-state index in [0.717, 1.165) is 5.56 Å². The average molecular weight is 284 g/mol. The van der Waals surface area contributed by atoms with Gasteiger partial charge in [-0.2, -0.15) is 5.10 Å². The van der Waals surface area contributed by atoms with Crippen molar-refractivity contribution in [3.63, 3.8) is 0 Å². The summed E-state index contributed by atoms with van der Waals surface area (Å²) in [6.45, 7) is 0. The SMILES string of the molecule is Cn1cc(-c2cc(NN)nc(-c3ccc(F)cc3)n2)cn1. The molecule has 0 unspecified atom stereocenters. The molecule has 0 saturated heterocycles. The Hall–Kier alpha value is -2.80. The minimum Gasteiger partial charge on any atom is -0.308 e. The van der Waals surface area contributed by atoms with Crippen molar-refractivity contribution >= 4 is 5.82 Å². The van der Waals surface area contributed by atoms with Gasteiger partial charge in [0.05, 0.1) is 11.9 Å². The Labute approximate surface area is 120 Å². The molecular formula is C14H13FN6. The zero-order valence-corrected chi connectivity index (χ0v) is 11.3. The lowest BCUT2D eigenvalue weighted by atomic mass is 10.2. The molecule has 0 bridgehead atoms. The van der Waals surface area contributed by atoms with E-state index < -0.39 is 0 Å². The minimum atomic E-state index is -0.306. The van der Waals surface area contributed by atoms with E-state index in [1.54, 1.807) is 29.1 Å². The number of nitrogens with two attached hydrogens (primary N) is 1. The summed E-state index contributed by atoms with van der Waals surface area (Å²) in [6, 6.07) is 7.70. The molecule has 0 fully saturated rings. The van der Waals surface area contributed by atoms with Crippen LogP contribution in [0.4, 0.5) is 10.2 Å². The number of nitrogen functional groups attached to an aromatic ring is 1. The molecule has 0 aliphatic rings. The van der Waals surface area contributed by atoms with Crippen LogP contribution in [-0.2, 0) is 7.05 Å². The Balaban J connectivity index is 2.10. The van der Waals surface area contributed by atoms with Gasteiger partial charge in [-0.15, -0.1) is 0 Å². The van der Waals surface area contributed by atoms with Crippen LogP contribution in [0.2, 0.25) is 0 Å². The van der Waals surface area contributed by atoms with E-state index in [2.05, 4.69) is 20.5 Å². The molecule has 3 aromatic rings. The largest absolute Gasteiger partial charge is 0.308 e. The van der Waals surface area contributed by atoms with E-state index in [-0.39, 0.29) is 5.82 Å². The third-order valence-electron chi connectivity index (χ3n) is 2.98. The zero-order chi connectivity index (χ0) is 14.8. The summed E-state index contributed by atoms with van der Waals surface area (Å²) < 4.78 is 14.7. The first-order valence-corrected chi connectivity index (χ1v) is 6.26. The van der Waals surface area contributed by atoms with Crippen LogP contribution in [0.5, 0.6) is 0 Å². The number of anilines is 1. The number of hydrogen-bond acceptors (Lipinski definition) is 5. The number of nitrogens with one attached hydrogen (secondary N) is 1. The van der Waals surface area contributed by atoms with Gasteiger partial charge in [0.25, 0.3) is 0 Å². The minimum absolute atomic E-state index is 0.306. The van der Waals surface area contributed by atoms with Crippen molar-refractivity contribution in [1.29, 1.82) is 0 Å². The molecular weight excluding hydrogens is 271 g/mol. The molecule has 0 amide bonds. The fraction of sp³-hybridized carbons (Fsp3) is 0.0714. The molecule has 2 heterocycles. The third kappa shape index (κ3) is 2.72. The van der Waals surface area contributed by atoms with Gasteiger partial charge in [0, 0.05) is 30.4 Å². The highest BCUT2D eigenvalue weighted by Gasteiger charge is 2.09. The molecule has 0 saturated carbocycles. The van der Waals surface area contributed by atoms with E-state index in [1.165, 1.54) is 12.1 Å². The van der Waals surface area contributed by atoms with Crippen molar-refractivity contribution in [3.05, 3.63) is 48.5 Å². The number of aryl methyl sites for hydroxylation is 1. The van der Waals surface area contributed by atoms with Gasteiger partial charge in [-0.1, -0.05) is 0 Å². The topological polar surface area (TPSA) is 81.7 Å². The van der Waals surface area contributed by atoms with Gasteiger partial charge in [0.1, 0.15) is 11.6 Å². The summed E-state index contributed by atoms with van der Waals surface area (Å²) in [5, 5.41) is 4.12. The Morgan fingerprint density at radius 1 is 1.14 bits per heavy atom. The van der Waals surface area contributed by atoms with Gasteiger partial charge in [-0.3, -0.25) is 4.68 Å². The fourth-order valence-corrected chi connectivity index (χ4v) is 1.95. The van der Waals surface area contributed by atoms with Crippen LogP contribution in [0.25, 0.3) is 22.6 Å². The molecule has 3 rings (SSSR count). The number of rotatable bonds is 3. The Kier molecular flexibility index (Phi) is 3.33. The molecule has 21 heavy (non-hydrogen) atoms. The van der Waals surface area contributed by atoms with Gasteiger partial charge in [0.2, 0.25) is 0 Å². The van der Waals surface area contributed by atoms with Crippen molar-refractivity contribution in [1.82, 2.24) is 19.7 Å². The van der Waals surface area contributed by atoms with Crippen molar-refractivity contribution in [2.45, 2.75) is 0 Å². The summed E-state index contributed by atoms with van der Waals surface area (Å²) in [6.07, 6.45) is 3.55. The van der Waals surface area contributed by atoms with Crippen LogP contribution >= 0.6 is 0 Å². The first-order valence-electron chi connectivity index (χ1n) is 6.26. The van der Waals surface area contributed by atoms with E-state index in [4.69, 9.17) is 5.84 Å². The van der Waals surface area contributed by atoms with Crippen LogP contribution in [-0.4, -0.2) is 19.7 Å². The third-order valence-corrected chi connectivity index (χ3v) is 2.98. The van der Waals surface area contributed by atoms with Crippen molar-refractivity contribution in [2.24, 2.45) is 12.9 Å². The smallest absolute Gasteiger partial charge is 0.162 e. The van der Waals surface area contributed by atoms with Crippen molar-refractivity contribution in [2.75, 3.05) is 5.43 Å². The molecule has 0 radical (unpaired) electrons. The number of hydrogen-bond donors (Lipinski definition) is 2. The second-order valence-electron chi connectivity index (χ2n) is 4.52. The average Bonchev–Trinajstić information content (AvgIpc) is 2.94. The van der Waals surface area contributed by atoms with Crippen molar-refractivity contribution < 1.29 is 4.39 Å². The normalized spacial score (nSPS) is 10.6. The number of hydrazine groups is 1. The molecule has 7 heteroatoms. The molecule has 3 N–H and O–H groups in total. The summed E-state index contributed by atoms with van der Waals surface area (Å²) in [4.78, 5) is 8.77. The molecule has 2 aromatic heterocycles. The highest BCUT2D eigenvalue weighted by atomic mass is 19.1. The van der Waals surface area contributed by atoms with Crippen LogP contribution < -0.4 is 11.3 Å². The maximum absolute atomic E-state index is 13.0. The maximum atomic E-state index is 13.0. The predicted octanol–water partition coefficient (Wildman–Crippen LogP) is 1.97. The highest BCUT2D eigenvalue weighted by molar-refractivity contribution is 5.66. The number of halogens is 1. The van der Waals surface area contributed by atoms with Gasteiger partial charge < -0.3 is 5.43 Å². The number of nitrogens with zero attached hydrogens (tertiary/aromatic N) is 4.